The van der Waals surface area contributed by atoms with Crippen LogP contribution in [0.5, 0.6) is 0 Å². The zero-order chi connectivity index (χ0) is 18.1. The highest BCUT2D eigenvalue weighted by Crippen LogP contribution is 2.28. The number of carbonyl (C=O) groups is 1. The van der Waals surface area contributed by atoms with Gasteiger partial charge in [-0.15, -0.1) is 0 Å². The van der Waals surface area contributed by atoms with E-state index in [1.807, 2.05) is 11.9 Å². The number of likely N-dealkylation sites (N-methyl/N-ethyl adjacent to an activating group) is 1. The molecule has 3 fully saturated rings. The molecule has 3 aliphatic rings. The van der Waals surface area contributed by atoms with E-state index in [4.69, 9.17) is 14.7 Å². The molecule has 0 spiro atoms. The number of anilines is 2. The molecule has 0 unspecified atom stereocenters. The van der Waals surface area contributed by atoms with Crippen molar-refractivity contribution < 1.29 is 9.53 Å². The van der Waals surface area contributed by atoms with Gasteiger partial charge in [-0.05, 0) is 25.7 Å². The molecule has 4 rings (SSSR count). The predicted octanol–water partition coefficient (Wildman–Crippen LogP) is 1.47. The van der Waals surface area contributed by atoms with Crippen molar-refractivity contribution in [2.75, 3.05) is 49.6 Å². The van der Waals surface area contributed by atoms with E-state index in [2.05, 4.69) is 22.8 Å². The fraction of sp³-hybridized carbons (Fsp3) is 0.737. The third kappa shape index (κ3) is 3.37. The molecule has 0 aromatic carbocycles. The average Bonchev–Trinajstić information content (AvgIpc) is 3.06. The minimum Gasteiger partial charge on any atom is -0.374 e. The Morgan fingerprint density at radius 2 is 1.96 bits per heavy atom. The van der Waals surface area contributed by atoms with Gasteiger partial charge < -0.3 is 19.4 Å². The monoisotopic (exact) mass is 359 g/mol. The number of piperidine rings is 1. The second-order valence-electron chi connectivity index (χ2n) is 7.55. The van der Waals surface area contributed by atoms with Crippen LogP contribution in [0.2, 0.25) is 0 Å². The summed E-state index contributed by atoms with van der Waals surface area (Å²) in [7, 11) is 1.90. The largest absolute Gasteiger partial charge is 0.374 e. The molecule has 142 valence electrons. The van der Waals surface area contributed by atoms with E-state index in [9.17, 15) is 4.79 Å². The maximum Gasteiger partial charge on any atom is 0.227 e. The first kappa shape index (κ1) is 17.5. The Bertz CT molecular complexity index is 661. The highest BCUT2D eigenvalue weighted by Gasteiger charge is 2.40. The fourth-order valence-corrected chi connectivity index (χ4v) is 4.19. The standard InChI is InChI=1S/C19H29N5O2/c1-3-14-11-17(21-19(20-14)23-8-5-4-6-9-23)24-12-15-16(13-24)26-10-7-18(25)22(15)2/h11,15-16H,3-10,12-13H2,1-2H3/t15-,16-/m0/s1. The molecule has 2 atom stereocenters. The number of aryl methyl sites for hydroxylation is 1. The molecular weight excluding hydrogens is 330 g/mol. The molecule has 0 radical (unpaired) electrons. The summed E-state index contributed by atoms with van der Waals surface area (Å²) >= 11 is 0. The first-order valence-electron chi connectivity index (χ1n) is 9.91. The van der Waals surface area contributed by atoms with Crippen LogP contribution in [0.1, 0.15) is 38.3 Å². The predicted molar refractivity (Wildman–Crippen MR) is 101 cm³/mol. The summed E-state index contributed by atoms with van der Waals surface area (Å²) < 4.78 is 5.96. The van der Waals surface area contributed by atoms with Crippen molar-refractivity contribution in [2.45, 2.75) is 51.2 Å². The molecule has 1 amide bonds. The number of amides is 1. The number of hydrogen-bond acceptors (Lipinski definition) is 6. The van der Waals surface area contributed by atoms with E-state index in [1.165, 1.54) is 19.3 Å². The molecule has 0 aliphatic carbocycles. The van der Waals surface area contributed by atoms with Crippen LogP contribution in [-0.4, -0.2) is 72.8 Å². The van der Waals surface area contributed by atoms with Crippen molar-refractivity contribution in [3.63, 3.8) is 0 Å². The highest BCUT2D eigenvalue weighted by atomic mass is 16.5. The Morgan fingerprint density at radius 3 is 2.73 bits per heavy atom. The SMILES string of the molecule is CCc1cc(N2C[C@@H]3OCCC(=O)N(C)[C@H]3C2)nc(N2CCCCC2)n1. The molecule has 1 aromatic heterocycles. The number of carbonyl (C=O) groups excluding carboxylic acids is 1. The van der Waals surface area contributed by atoms with Crippen molar-refractivity contribution in [1.29, 1.82) is 0 Å². The van der Waals surface area contributed by atoms with E-state index in [-0.39, 0.29) is 18.1 Å². The van der Waals surface area contributed by atoms with Gasteiger partial charge in [0, 0.05) is 45.0 Å². The number of aromatic nitrogens is 2. The molecule has 7 heteroatoms. The van der Waals surface area contributed by atoms with Gasteiger partial charge in [-0.1, -0.05) is 6.92 Å². The molecular formula is C19H29N5O2. The summed E-state index contributed by atoms with van der Waals surface area (Å²) in [6, 6.07) is 2.20. The Labute approximate surface area is 155 Å². The molecule has 0 N–H and O–H groups in total. The van der Waals surface area contributed by atoms with Crippen LogP contribution in [0.25, 0.3) is 0 Å². The Morgan fingerprint density at radius 1 is 1.15 bits per heavy atom. The zero-order valence-corrected chi connectivity index (χ0v) is 15.9. The van der Waals surface area contributed by atoms with Gasteiger partial charge in [0.15, 0.2) is 0 Å². The van der Waals surface area contributed by atoms with E-state index in [0.717, 1.165) is 50.1 Å². The van der Waals surface area contributed by atoms with Crippen LogP contribution >= 0.6 is 0 Å². The van der Waals surface area contributed by atoms with Crippen molar-refractivity contribution in [3.8, 4) is 0 Å². The minimum absolute atomic E-state index is 0.0601. The fourth-order valence-electron chi connectivity index (χ4n) is 4.19. The number of nitrogens with zero attached hydrogens (tertiary/aromatic N) is 5. The lowest BCUT2D eigenvalue weighted by Gasteiger charge is -2.28. The number of fused-ring (bicyclic) bond motifs is 1. The maximum atomic E-state index is 12.2. The molecule has 4 heterocycles. The molecule has 0 saturated carbocycles. The van der Waals surface area contributed by atoms with Gasteiger partial charge in [0.2, 0.25) is 11.9 Å². The first-order valence-corrected chi connectivity index (χ1v) is 9.91. The maximum absolute atomic E-state index is 12.2. The van der Waals surface area contributed by atoms with Crippen LogP contribution in [0.4, 0.5) is 11.8 Å². The Balaban J connectivity index is 1.58. The van der Waals surface area contributed by atoms with Gasteiger partial charge >= 0.3 is 0 Å². The third-order valence-corrected chi connectivity index (χ3v) is 5.85. The summed E-state index contributed by atoms with van der Waals surface area (Å²) in [6.45, 7) is 6.28. The summed E-state index contributed by atoms with van der Waals surface area (Å²) in [5.41, 5.74) is 1.08. The Hall–Kier alpha value is -1.89. The summed E-state index contributed by atoms with van der Waals surface area (Å²) in [5, 5.41) is 0. The van der Waals surface area contributed by atoms with Gasteiger partial charge in [0.1, 0.15) is 5.82 Å². The second kappa shape index (κ2) is 7.39. The van der Waals surface area contributed by atoms with Crippen molar-refractivity contribution in [2.24, 2.45) is 0 Å². The van der Waals surface area contributed by atoms with Gasteiger partial charge in [-0.25, -0.2) is 4.98 Å². The number of ether oxygens (including phenoxy) is 1. The lowest BCUT2D eigenvalue weighted by atomic mass is 10.1. The van der Waals surface area contributed by atoms with E-state index in [0.29, 0.717) is 13.0 Å². The van der Waals surface area contributed by atoms with Crippen LogP contribution in [0, 0.1) is 0 Å². The quantitative estimate of drug-likeness (QED) is 0.814. The lowest BCUT2D eigenvalue weighted by molar-refractivity contribution is -0.130. The number of hydrogen-bond donors (Lipinski definition) is 0. The van der Waals surface area contributed by atoms with Crippen LogP contribution in [0.15, 0.2) is 6.07 Å². The van der Waals surface area contributed by atoms with Gasteiger partial charge in [0.25, 0.3) is 0 Å². The van der Waals surface area contributed by atoms with Crippen LogP contribution in [0.3, 0.4) is 0 Å². The van der Waals surface area contributed by atoms with E-state index >= 15 is 0 Å². The van der Waals surface area contributed by atoms with E-state index < -0.39 is 0 Å². The van der Waals surface area contributed by atoms with Crippen molar-refractivity contribution >= 4 is 17.7 Å². The third-order valence-electron chi connectivity index (χ3n) is 5.85. The molecule has 3 aliphatic heterocycles. The second-order valence-corrected chi connectivity index (χ2v) is 7.55. The first-order chi connectivity index (χ1) is 12.7. The van der Waals surface area contributed by atoms with E-state index in [1.54, 1.807) is 0 Å². The zero-order valence-electron chi connectivity index (χ0n) is 15.9. The highest BCUT2D eigenvalue weighted by molar-refractivity contribution is 5.77. The van der Waals surface area contributed by atoms with Gasteiger partial charge in [0.05, 0.1) is 25.2 Å². The van der Waals surface area contributed by atoms with Crippen LogP contribution in [-0.2, 0) is 16.0 Å². The normalized spacial score (nSPS) is 26.8. The average molecular weight is 359 g/mol. The molecule has 0 bridgehead atoms. The summed E-state index contributed by atoms with van der Waals surface area (Å²) in [5.74, 6) is 2.00. The molecule has 26 heavy (non-hydrogen) atoms. The smallest absolute Gasteiger partial charge is 0.227 e. The summed E-state index contributed by atoms with van der Waals surface area (Å²) in [6.07, 6.45) is 5.16. The van der Waals surface area contributed by atoms with Crippen LogP contribution < -0.4 is 9.80 Å². The minimum atomic E-state index is 0.0601. The Kier molecular flexibility index (Phi) is 4.98. The molecule has 1 aromatic rings. The van der Waals surface area contributed by atoms with Gasteiger partial charge in [-0.3, -0.25) is 4.79 Å². The van der Waals surface area contributed by atoms with Crippen molar-refractivity contribution in [3.05, 3.63) is 11.8 Å². The van der Waals surface area contributed by atoms with Gasteiger partial charge in [-0.2, -0.15) is 4.98 Å². The van der Waals surface area contributed by atoms with Crippen molar-refractivity contribution in [1.82, 2.24) is 14.9 Å². The lowest BCUT2D eigenvalue weighted by Crippen LogP contribution is -2.42. The topological polar surface area (TPSA) is 61.8 Å². The number of rotatable bonds is 3. The molecule has 7 nitrogen and oxygen atoms in total. The molecule has 3 saturated heterocycles. The summed E-state index contributed by atoms with van der Waals surface area (Å²) in [4.78, 5) is 28.3.